The Hall–Kier alpha value is -1.58. The summed E-state index contributed by atoms with van der Waals surface area (Å²) >= 11 is 0. The zero-order valence-electron chi connectivity index (χ0n) is 11.9. The van der Waals surface area contributed by atoms with Gasteiger partial charge < -0.3 is 14.4 Å². The van der Waals surface area contributed by atoms with Crippen LogP contribution in [-0.4, -0.2) is 39.5 Å². The van der Waals surface area contributed by atoms with E-state index in [1.165, 1.54) is 11.3 Å². The summed E-state index contributed by atoms with van der Waals surface area (Å²) in [5, 5.41) is 0. The summed E-state index contributed by atoms with van der Waals surface area (Å²) in [5.74, 6) is 0.482. The molecule has 2 unspecified atom stereocenters. The number of hydrogen-bond donors (Lipinski definition) is 0. The SMILES string of the molecule is COCCOCCN1c2ccccc2C2C=CC=CC21. The first kappa shape index (κ1) is 13.4. The molecular formula is C17H21NO2. The maximum atomic E-state index is 5.62. The molecule has 3 heteroatoms. The summed E-state index contributed by atoms with van der Waals surface area (Å²) < 4.78 is 10.6. The number of allylic oxidation sites excluding steroid dienone is 2. The van der Waals surface area contributed by atoms with Crippen molar-refractivity contribution < 1.29 is 9.47 Å². The monoisotopic (exact) mass is 271 g/mol. The maximum absolute atomic E-state index is 5.62. The third kappa shape index (κ3) is 2.51. The van der Waals surface area contributed by atoms with Gasteiger partial charge in [-0.3, -0.25) is 0 Å². The second-order valence-corrected chi connectivity index (χ2v) is 5.14. The lowest BCUT2D eigenvalue weighted by atomic mass is 9.91. The second kappa shape index (κ2) is 6.25. The smallest absolute Gasteiger partial charge is 0.0701 e. The third-order valence-corrected chi connectivity index (χ3v) is 3.98. The van der Waals surface area contributed by atoms with E-state index >= 15 is 0 Å². The van der Waals surface area contributed by atoms with Crippen molar-refractivity contribution in [1.29, 1.82) is 0 Å². The summed E-state index contributed by atoms with van der Waals surface area (Å²) in [4.78, 5) is 2.45. The highest BCUT2D eigenvalue weighted by Gasteiger charge is 2.35. The number of ether oxygens (including phenoxy) is 2. The van der Waals surface area contributed by atoms with E-state index in [1.54, 1.807) is 7.11 Å². The standard InChI is InChI=1S/C17H21NO2/c1-19-12-13-20-11-10-18-16-8-4-2-6-14(16)15-7-3-5-9-17(15)18/h2-9,14,16H,10-13H2,1H3. The van der Waals surface area contributed by atoms with Gasteiger partial charge in [0.2, 0.25) is 0 Å². The number of para-hydroxylation sites is 1. The highest BCUT2D eigenvalue weighted by Crippen LogP contribution is 2.43. The first-order valence-electron chi connectivity index (χ1n) is 7.19. The molecule has 2 aliphatic rings. The molecule has 0 aromatic heterocycles. The minimum atomic E-state index is 0.434. The summed E-state index contributed by atoms with van der Waals surface area (Å²) in [7, 11) is 1.70. The Morgan fingerprint density at radius 1 is 1.05 bits per heavy atom. The Balaban J connectivity index is 1.70. The fourth-order valence-electron chi connectivity index (χ4n) is 3.05. The summed E-state index contributed by atoms with van der Waals surface area (Å²) in [5.41, 5.74) is 2.77. The molecule has 0 saturated carbocycles. The van der Waals surface area contributed by atoms with Gasteiger partial charge in [-0.25, -0.2) is 0 Å². The molecule has 0 N–H and O–H groups in total. The average Bonchev–Trinajstić information content (AvgIpc) is 2.82. The van der Waals surface area contributed by atoms with E-state index in [-0.39, 0.29) is 0 Å². The van der Waals surface area contributed by atoms with Crippen LogP contribution in [0, 0.1) is 0 Å². The largest absolute Gasteiger partial charge is 0.382 e. The first-order chi connectivity index (χ1) is 9.92. The Morgan fingerprint density at radius 2 is 1.90 bits per heavy atom. The number of benzene rings is 1. The van der Waals surface area contributed by atoms with Crippen molar-refractivity contribution in [2.75, 3.05) is 38.4 Å². The number of hydrogen-bond acceptors (Lipinski definition) is 3. The van der Waals surface area contributed by atoms with E-state index in [0.29, 0.717) is 25.2 Å². The van der Waals surface area contributed by atoms with Crippen molar-refractivity contribution in [2.24, 2.45) is 0 Å². The van der Waals surface area contributed by atoms with Gasteiger partial charge in [0, 0.05) is 25.3 Å². The first-order valence-corrected chi connectivity index (χ1v) is 7.19. The quantitative estimate of drug-likeness (QED) is 0.743. The Bertz CT molecular complexity index is 509. The molecule has 2 atom stereocenters. The van der Waals surface area contributed by atoms with Crippen molar-refractivity contribution >= 4 is 5.69 Å². The normalized spacial score (nSPS) is 22.9. The zero-order valence-corrected chi connectivity index (χ0v) is 11.9. The van der Waals surface area contributed by atoms with Crippen molar-refractivity contribution in [3.05, 3.63) is 54.1 Å². The minimum absolute atomic E-state index is 0.434. The summed E-state index contributed by atoms with van der Waals surface area (Å²) in [6.45, 7) is 2.97. The molecule has 3 nitrogen and oxygen atoms in total. The van der Waals surface area contributed by atoms with E-state index in [9.17, 15) is 0 Å². The van der Waals surface area contributed by atoms with Crippen LogP contribution < -0.4 is 4.90 Å². The van der Waals surface area contributed by atoms with Gasteiger partial charge in [-0.1, -0.05) is 42.5 Å². The van der Waals surface area contributed by atoms with Crippen LogP contribution in [0.5, 0.6) is 0 Å². The number of fused-ring (bicyclic) bond motifs is 3. The number of methoxy groups -OCH3 is 1. The average molecular weight is 271 g/mol. The molecule has 3 rings (SSSR count). The number of nitrogens with zero attached hydrogens (tertiary/aromatic N) is 1. The molecule has 0 radical (unpaired) electrons. The van der Waals surface area contributed by atoms with Crippen LogP contribution in [0.25, 0.3) is 0 Å². The van der Waals surface area contributed by atoms with Crippen molar-refractivity contribution in [2.45, 2.75) is 12.0 Å². The van der Waals surface area contributed by atoms with Gasteiger partial charge in [0.15, 0.2) is 0 Å². The highest BCUT2D eigenvalue weighted by atomic mass is 16.5. The van der Waals surface area contributed by atoms with E-state index in [0.717, 1.165) is 13.2 Å². The van der Waals surface area contributed by atoms with Gasteiger partial charge >= 0.3 is 0 Å². The lowest BCUT2D eigenvalue weighted by molar-refractivity contribution is 0.0738. The molecule has 1 aromatic rings. The third-order valence-electron chi connectivity index (χ3n) is 3.98. The Morgan fingerprint density at radius 3 is 2.80 bits per heavy atom. The van der Waals surface area contributed by atoms with Crippen LogP contribution in [0.4, 0.5) is 5.69 Å². The molecule has 1 heterocycles. The van der Waals surface area contributed by atoms with Gasteiger partial charge in [0.05, 0.1) is 25.9 Å². The summed E-state index contributed by atoms with van der Waals surface area (Å²) in [6.07, 6.45) is 8.89. The predicted octanol–water partition coefficient (Wildman–Crippen LogP) is 2.75. The molecule has 0 spiro atoms. The van der Waals surface area contributed by atoms with Crippen molar-refractivity contribution in [3.63, 3.8) is 0 Å². The van der Waals surface area contributed by atoms with Crippen LogP contribution in [0.15, 0.2) is 48.6 Å². The van der Waals surface area contributed by atoms with Crippen LogP contribution in [0.3, 0.4) is 0 Å². The summed E-state index contributed by atoms with van der Waals surface area (Å²) in [6, 6.07) is 9.12. The van der Waals surface area contributed by atoms with Crippen molar-refractivity contribution in [1.82, 2.24) is 0 Å². The molecule has 1 aliphatic carbocycles. The van der Waals surface area contributed by atoms with E-state index in [4.69, 9.17) is 9.47 Å². The number of rotatable bonds is 6. The van der Waals surface area contributed by atoms with Crippen LogP contribution >= 0.6 is 0 Å². The van der Waals surface area contributed by atoms with E-state index in [1.807, 2.05) is 0 Å². The second-order valence-electron chi connectivity index (χ2n) is 5.14. The van der Waals surface area contributed by atoms with Crippen molar-refractivity contribution in [3.8, 4) is 0 Å². The minimum Gasteiger partial charge on any atom is -0.382 e. The predicted molar refractivity (Wildman–Crippen MR) is 81.3 cm³/mol. The van der Waals surface area contributed by atoms with Gasteiger partial charge in [-0.2, -0.15) is 0 Å². The van der Waals surface area contributed by atoms with Crippen LogP contribution in [0.2, 0.25) is 0 Å². The Kier molecular flexibility index (Phi) is 4.19. The molecule has 106 valence electrons. The Labute approximate surface area is 120 Å². The van der Waals surface area contributed by atoms with E-state index in [2.05, 4.69) is 53.5 Å². The molecule has 0 saturated heterocycles. The number of anilines is 1. The van der Waals surface area contributed by atoms with Gasteiger partial charge in [-0.05, 0) is 11.6 Å². The van der Waals surface area contributed by atoms with E-state index < -0.39 is 0 Å². The lowest BCUT2D eigenvalue weighted by Gasteiger charge is -2.28. The van der Waals surface area contributed by atoms with Gasteiger partial charge in [0.25, 0.3) is 0 Å². The molecule has 0 fully saturated rings. The molecule has 0 bridgehead atoms. The van der Waals surface area contributed by atoms with Crippen LogP contribution in [-0.2, 0) is 9.47 Å². The fourth-order valence-corrected chi connectivity index (χ4v) is 3.05. The highest BCUT2D eigenvalue weighted by molar-refractivity contribution is 5.65. The lowest BCUT2D eigenvalue weighted by Crippen LogP contribution is -2.35. The molecular weight excluding hydrogens is 250 g/mol. The maximum Gasteiger partial charge on any atom is 0.0701 e. The molecule has 1 aliphatic heterocycles. The molecule has 1 aromatic carbocycles. The van der Waals surface area contributed by atoms with Gasteiger partial charge in [0.1, 0.15) is 0 Å². The topological polar surface area (TPSA) is 21.7 Å². The fraction of sp³-hybridized carbons (Fsp3) is 0.412. The van der Waals surface area contributed by atoms with Crippen LogP contribution in [0.1, 0.15) is 11.5 Å². The molecule has 0 amide bonds. The molecule has 20 heavy (non-hydrogen) atoms. The zero-order chi connectivity index (χ0) is 13.8. The van der Waals surface area contributed by atoms with Gasteiger partial charge in [-0.15, -0.1) is 0 Å².